The minimum atomic E-state index is -0.672. The van der Waals surface area contributed by atoms with Gasteiger partial charge in [-0.2, -0.15) is 0 Å². The molecular weight excluding hydrogens is 242 g/mol. The number of amides is 1. The molecule has 0 aliphatic heterocycles. The van der Waals surface area contributed by atoms with Crippen LogP contribution in [0.15, 0.2) is 36.9 Å². The number of carbonyl (C=O) groups excluding carboxylic acids is 1. The topological polar surface area (TPSA) is 58.6 Å². The van der Waals surface area contributed by atoms with E-state index in [0.717, 1.165) is 0 Å². The molecule has 104 valence electrons. The SMILES string of the molecule is C=CCOc1ccc(C(=O)NC(C)(C)C(C)O)cc1. The van der Waals surface area contributed by atoms with E-state index in [4.69, 9.17) is 4.74 Å². The van der Waals surface area contributed by atoms with Crippen molar-refractivity contribution in [2.45, 2.75) is 32.4 Å². The Hall–Kier alpha value is -1.81. The molecular formula is C15H21NO3. The Morgan fingerprint density at radius 2 is 2.05 bits per heavy atom. The second kappa shape index (κ2) is 6.38. The number of ether oxygens (including phenoxy) is 1. The van der Waals surface area contributed by atoms with Crippen molar-refractivity contribution in [1.82, 2.24) is 5.32 Å². The molecule has 19 heavy (non-hydrogen) atoms. The average molecular weight is 263 g/mol. The fraction of sp³-hybridized carbons (Fsp3) is 0.400. The van der Waals surface area contributed by atoms with Crippen molar-refractivity contribution in [2.24, 2.45) is 0 Å². The summed E-state index contributed by atoms with van der Waals surface area (Å²) < 4.78 is 5.34. The van der Waals surface area contributed by atoms with Crippen LogP contribution in [0.1, 0.15) is 31.1 Å². The number of aliphatic hydroxyl groups excluding tert-OH is 1. The van der Waals surface area contributed by atoms with Crippen molar-refractivity contribution in [3.05, 3.63) is 42.5 Å². The first kappa shape index (κ1) is 15.2. The summed E-state index contributed by atoms with van der Waals surface area (Å²) in [7, 11) is 0. The van der Waals surface area contributed by atoms with E-state index in [1.165, 1.54) is 0 Å². The Bertz CT molecular complexity index is 435. The monoisotopic (exact) mass is 263 g/mol. The molecule has 1 atom stereocenters. The maximum Gasteiger partial charge on any atom is 0.251 e. The highest BCUT2D eigenvalue weighted by Crippen LogP contribution is 2.14. The Kier molecular flexibility index (Phi) is 5.12. The van der Waals surface area contributed by atoms with Crippen LogP contribution in [0.25, 0.3) is 0 Å². The zero-order chi connectivity index (χ0) is 14.5. The standard InChI is InChI=1S/C15H21NO3/c1-5-10-19-13-8-6-12(7-9-13)14(18)16-15(3,4)11(2)17/h5-9,11,17H,1,10H2,2-4H3,(H,16,18). The molecule has 0 heterocycles. The quantitative estimate of drug-likeness (QED) is 0.773. The lowest BCUT2D eigenvalue weighted by Gasteiger charge is -2.29. The molecule has 0 spiro atoms. The predicted molar refractivity (Wildman–Crippen MR) is 75.4 cm³/mol. The van der Waals surface area contributed by atoms with Crippen molar-refractivity contribution in [3.63, 3.8) is 0 Å². The van der Waals surface area contributed by atoms with Crippen molar-refractivity contribution in [1.29, 1.82) is 0 Å². The van der Waals surface area contributed by atoms with E-state index in [1.54, 1.807) is 51.1 Å². The third-order valence-electron chi connectivity index (χ3n) is 2.96. The molecule has 0 bridgehead atoms. The van der Waals surface area contributed by atoms with E-state index in [2.05, 4.69) is 11.9 Å². The molecule has 1 unspecified atom stereocenters. The summed E-state index contributed by atoms with van der Waals surface area (Å²) in [6.07, 6.45) is 1.03. The molecule has 4 heteroatoms. The lowest BCUT2D eigenvalue weighted by molar-refractivity contribution is 0.0709. The van der Waals surface area contributed by atoms with E-state index in [9.17, 15) is 9.90 Å². The number of hydrogen-bond acceptors (Lipinski definition) is 3. The summed E-state index contributed by atoms with van der Waals surface area (Å²) in [4.78, 5) is 12.0. The second-order valence-corrected chi connectivity index (χ2v) is 4.98. The maximum atomic E-state index is 12.0. The predicted octanol–water partition coefficient (Wildman–Crippen LogP) is 2.14. The van der Waals surface area contributed by atoms with Crippen LogP contribution < -0.4 is 10.1 Å². The second-order valence-electron chi connectivity index (χ2n) is 4.98. The number of hydrogen-bond donors (Lipinski definition) is 2. The normalized spacial score (nSPS) is 12.6. The fourth-order valence-electron chi connectivity index (χ4n) is 1.33. The van der Waals surface area contributed by atoms with Gasteiger partial charge in [-0.05, 0) is 45.0 Å². The lowest BCUT2D eigenvalue weighted by atomic mass is 9.98. The van der Waals surface area contributed by atoms with Crippen LogP contribution in [0.3, 0.4) is 0 Å². The molecule has 0 saturated heterocycles. The van der Waals surface area contributed by atoms with Crippen molar-refractivity contribution >= 4 is 5.91 Å². The van der Waals surface area contributed by atoms with Crippen LogP contribution >= 0.6 is 0 Å². The number of benzene rings is 1. The Labute approximate surface area is 114 Å². The highest BCUT2D eigenvalue weighted by molar-refractivity contribution is 5.94. The Morgan fingerprint density at radius 1 is 1.47 bits per heavy atom. The largest absolute Gasteiger partial charge is 0.490 e. The lowest BCUT2D eigenvalue weighted by Crippen LogP contribution is -2.50. The number of rotatable bonds is 6. The smallest absolute Gasteiger partial charge is 0.251 e. The maximum absolute atomic E-state index is 12.0. The Morgan fingerprint density at radius 3 is 2.53 bits per heavy atom. The van der Waals surface area contributed by atoms with E-state index in [-0.39, 0.29) is 5.91 Å². The average Bonchev–Trinajstić information content (AvgIpc) is 2.36. The first-order chi connectivity index (χ1) is 8.86. The van der Waals surface area contributed by atoms with Gasteiger partial charge in [0.1, 0.15) is 12.4 Å². The summed E-state index contributed by atoms with van der Waals surface area (Å²) in [6.45, 7) is 9.19. The van der Waals surface area contributed by atoms with Gasteiger partial charge in [-0.1, -0.05) is 12.7 Å². The molecule has 2 N–H and O–H groups in total. The van der Waals surface area contributed by atoms with Crippen LogP contribution in [0.2, 0.25) is 0 Å². The van der Waals surface area contributed by atoms with E-state index in [1.807, 2.05) is 0 Å². The molecule has 0 fully saturated rings. The molecule has 1 aromatic rings. The Balaban J connectivity index is 2.70. The molecule has 1 amide bonds. The van der Waals surface area contributed by atoms with Crippen LogP contribution in [0.5, 0.6) is 5.75 Å². The molecule has 0 aliphatic carbocycles. The zero-order valence-corrected chi connectivity index (χ0v) is 11.6. The van der Waals surface area contributed by atoms with Gasteiger partial charge < -0.3 is 15.2 Å². The fourth-order valence-corrected chi connectivity index (χ4v) is 1.33. The van der Waals surface area contributed by atoms with Crippen LogP contribution in [-0.4, -0.2) is 29.3 Å². The molecule has 0 aromatic heterocycles. The van der Waals surface area contributed by atoms with Crippen LogP contribution in [0.4, 0.5) is 0 Å². The van der Waals surface area contributed by atoms with Gasteiger partial charge in [-0.25, -0.2) is 0 Å². The minimum absolute atomic E-state index is 0.221. The summed E-state index contributed by atoms with van der Waals surface area (Å²) in [5, 5.41) is 12.4. The number of aliphatic hydroxyl groups is 1. The third-order valence-corrected chi connectivity index (χ3v) is 2.96. The van der Waals surface area contributed by atoms with Gasteiger partial charge in [-0.3, -0.25) is 4.79 Å². The van der Waals surface area contributed by atoms with Gasteiger partial charge in [-0.15, -0.1) is 0 Å². The highest BCUT2D eigenvalue weighted by atomic mass is 16.5. The number of carbonyl (C=O) groups is 1. The molecule has 0 saturated carbocycles. The summed E-state index contributed by atoms with van der Waals surface area (Å²) in [6, 6.07) is 6.83. The summed E-state index contributed by atoms with van der Waals surface area (Å²) in [5.74, 6) is 0.465. The molecule has 1 aromatic carbocycles. The van der Waals surface area contributed by atoms with Crippen molar-refractivity contribution in [2.75, 3.05) is 6.61 Å². The van der Waals surface area contributed by atoms with Crippen LogP contribution in [0, 0.1) is 0 Å². The van der Waals surface area contributed by atoms with Gasteiger partial charge in [0.05, 0.1) is 11.6 Å². The first-order valence-electron chi connectivity index (χ1n) is 6.21. The van der Waals surface area contributed by atoms with E-state index < -0.39 is 11.6 Å². The van der Waals surface area contributed by atoms with Gasteiger partial charge in [0.15, 0.2) is 0 Å². The number of nitrogens with one attached hydrogen (secondary N) is 1. The van der Waals surface area contributed by atoms with Crippen molar-refractivity contribution < 1.29 is 14.6 Å². The minimum Gasteiger partial charge on any atom is -0.490 e. The van der Waals surface area contributed by atoms with Gasteiger partial charge >= 0.3 is 0 Å². The molecule has 1 rings (SSSR count). The summed E-state index contributed by atoms with van der Waals surface area (Å²) in [5.41, 5.74) is -0.144. The van der Waals surface area contributed by atoms with E-state index >= 15 is 0 Å². The molecule has 0 aliphatic rings. The van der Waals surface area contributed by atoms with Gasteiger partial charge in [0.25, 0.3) is 5.91 Å². The molecule has 4 nitrogen and oxygen atoms in total. The third kappa shape index (κ3) is 4.41. The van der Waals surface area contributed by atoms with Gasteiger partial charge in [0, 0.05) is 5.56 Å². The highest BCUT2D eigenvalue weighted by Gasteiger charge is 2.26. The van der Waals surface area contributed by atoms with E-state index in [0.29, 0.717) is 17.9 Å². The molecule has 0 radical (unpaired) electrons. The van der Waals surface area contributed by atoms with Crippen LogP contribution in [-0.2, 0) is 0 Å². The van der Waals surface area contributed by atoms with Gasteiger partial charge in [0.2, 0.25) is 0 Å². The zero-order valence-electron chi connectivity index (χ0n) is 11.6. The van der Waals surface area contributed by atoms with Crippen molar-refractivity contribution in [3.8, 4) is 5.75 Å². The summed E-state index contributed by atoms with van der Waals surface area (Å²) >= 11 is 0. The first-order valence-corrected chi connectivity index (χ1v) is 6.21.